The number of benzene rings is 1. The molecular weight excluding hydrogens is 230 g/mol. The quantitative estimate of drug-likeness (QED) is 0.508. The van der Waals surface area contributed by atoms with Crippen LogP contribution in [0.4, 0.5) is 5.69 Å². The molecule has 0 aliphatic rings. The molecule has 0 amide bonds. The lowest BCUT2D eigenvalue weighted by Crippen LogP contribution is -2.22. The topological polar surface area (TPSA) is 61.5 Å². The van der Waals surface area contributed by atoms with Crippen molar-refractivity contribution in [3.05, 3.63) is 29.8 Å². The highest BCUT2D eigenvalue weighted by Gasteiger charge is 2.13. The number of carbonyl (C=O) groups excluding carboxylic acids is 1. The summed E-state index contributed by atoms with van der Waals surface area (Å²) in [4.78, 5) is 11.5. The van der Waals surface area contributed by atoms with E-state index in [9.17, 15) is 4.79 Å². The summed E-state index contributed by atoms with van der Waals surface area (Å²) in [5, 5.41) is 0. The molecular formula is C14H19NO3. The number of esters is 1. The number of nitrogens with two attached hydrogens (primary N) is 1. The van der Waals surface area contributed by atoms with Crippen LogP contribution in [0.1, 0.15) is 26.3 Å². The normalized spacial score (nSPS) is 11.6. The van der Waals surface area contributed by atoms with Crippen LogP contribution in [0.5, 0.6) is 5.75 Å². The van der Waals surface area contributed by atoms with Crippen molar-refractivity contribution in [3.8, 4) is 5.75 Å². The molecule has 18 heavy (non-hydrogen) atoms. The zero-order valence-electron chi connectivity index (χ0n) is 11.2. The Balaban J connectivity index is 2.76. The van der Waals surface area contributed by atoms with E-state index in [1.807, 2.05) is 20.8 Å². The van der Waals surface area contributed by atoms with Crippen molar-refractivity contribution >= 4 is 17.7 Å². The van der Waals surface area contributed by atoms with E-state index >= 15 is 0 Å². The molecule has 2 N–H and O–H groups in total. The average Bonchev–Trinajstić information content (AvgIpc) is 2.25. The van der Waals surface area contributed by atoms with E-state index in [2.05, 4.69) is 0 Å². The van der Waals surface area contributed by atoms with Crippen LogP contribution in [-0.4, -0.2) is 18.7 Å². The smallest absolute Gasteiger partial charge is 0.331 e. The molecule has 0 aliphatic carbocycles. The molecule has 4 nitrogen and oxygen atoms in total. The van der Waals surface area contributed by atoms with Crippen LogP contribution in [0.3, 0.4) is 0 Å². The first-order valence-electron chi connectivity index (χ1n) is 5.66. The summed E-state index contributed by atoms with van der Waals surface area (Å²) in [5.41, 5.74) is 6.60. The van der Waals surface area contributed by atoms with Crippen LogP contribution < -0.4 is 10.5 Å². The fourth-order valence-corrected chi connectivity index (χ4v) is 1.33. The Morgan fingerprint density at radius 3 is 2.56 bits per heavy atom. The fraction of sp³-hybridized carbons (Fsp3) is 0.357. The highest BCUT2D eigenvalue weighted by atomic mass is 16.6. The molecule has 0 spiro atoms. The molecule has 98 valence electrons. The van der Waals surface area contributed by atoms with Gasteiger partial charge < -0.3 is 15.2 Å². The van der Waals surface area contributed by atoms with Crippen LogP contribution in [0.25, 0.3) is 6.08 Å². The predicted molar refractivity (Wildman–Crippen MR) is 72.3 cm³/mol. The predicted octanol–water partition coefficient (Wildman–Crippen LogP) is 2.63. The van der Waals surface area contributed by atoms with Gasteiger partial charge in [-0.05, 0) is 44.5 Å². The summed E-state index contributed by atoms with van der Waals surface area (Å²) in [6.07, 6.45) is 3.05. The van der Waals surface area contributed by atoms with E-state index in [0.29, 0.717) is 11.4 Å². The van der Waals surface area contributed by atoms with Crippen LogP contribution in [0, 0.1) is 0 Å². The van der Waals surface area contributed by atoms with Gasteiger partial charge in [-0.2, -0.15) is 0 Å². The van der Waals surface area contributed by atoms with Gasteiger partial charge in [-0.3, -0.25) is 0 Å². The second-order valence-corrected chi connectivity index (χ2v) is 4.87. The van der Waals surface area contributed by atoms with Crippen molar-refractivity contribution in [1.29, 1.82) is 0 Å². The molecule has 0 unspecified atom stereocenters. The van der Waals surface area contributed by atoms with Crippen molar-refractivity contribution in [2.45, 2.75) is 26.4 Å². The number of methoxy groups -OCH3 is 1. The Morgan fingerprint density at radius 1 is 1.33 bits per heavy atom. The first-order chi connectivity index (χ1) is 8.31. The number of carbonyl (C=O) groups is 1. The summed E-state index contributed by atoms with van der Waals surface area (Å²) in [6.45, 7) is 5.47. The maximum Gasteiger partial charge on any atom is 0.331 e. The molecule has 1 rings (SSSR count). The molecule has 0 radical (unpaired) electrons. The molecule has 1 aromatic carbocycles. The number of nitrogen functional groups attached to an aromatic ring is 1. The molecule has 0 heterocycles. The number of hydrogen-bond acceptors (Lipinski definition) is 4. The highest BCUT2D eigenvalue weighted by Crippen LogP contribution is 2.22. The number of ether oxygens (including phenoxy) is 2. The monoisotopic (exact) mass is 249 g/mol. The molecule has 4 heteroatoms. The fourth-order valence-electron chi connectivity index (χ4n) is 1.33. The van der Waals surface area contributed by atoms with E-state index in [1.165, 1.54) is 6.08 Å². The maximum atomic E-state index is 11.5. The lowest BCUT2D eigenvalue weighted by atomic mass is 10.1. The van der Waals surface area contributed by atoms with E-state index in [-0.39, 0.29) is 5.97 Å². The van der Waals surface area contributed by atoms with Crippen molar-refractivity contribution < 1.29 is 14.3 Å². The molecule has 0 aromatic heterocycles. The van der Waals surface area contributed by atoms with Gasteiger partial charge in [-0.25, -0.2) is 4.79 Å². The van der Waals surface area contributed by atoms with E-state index < -0.39 is 5.60 Å². The first kappa shape index (κ1) is 14.1. The van der Waals surface area contributed by atoms with Crippen LogP contribution in [0.15, 0.2) is 24.3 Å². The summed E-state index contributed by atoms with van der Waals surface area (Å²) in [6, 6.07) is 5.29. The lowest BCUT2D eigenvalue weighted by molar-refractivity contribution is -0.148. The Labute approximate surface area is 107 Å². The van der Waals surface area contributed by atoms with E-state index in [1.54, 1.807) is 31.4 Å². The van der Waals surface area contributed by atoms with Gasteiger partial charge in [0.15, 0.2) is 0 Å². The Kier molecular flexibility index (Phi) is 4.37. The van der Waals surface area contributed by atoms with Gasteiger partial charge in [-0.1, -0.05) is 6.07 Å². The third-order valence-corrected chi connectivity index (χ3v) is 2.08. The SMILES string of the molecule is COc1cc(/C=C/C(=O)OC(C)(C)C)ccc1N. The molecule has 0 saturated heterocycles. The zero-order chi connectivity index (χ0) is 13.8. The van der Waals surface area contributed by atoms with Crippen LogP contribution in [-0.2, 0) is 9.53 Å². The number of hydrogen-bond donors (Lipinski definition) is 1. The maximum absolute atomic E-state index is 11.5. The molecule has 0 bridgehead atoms. The van der Waals surface area contributed by atoms with Gasteiger partial charge in [0.2, 0.25) is 0 Å². The molecule has 0 atom stereocenters. The van der Waals surface area contributed by atoms with Gasteiger partial charge in [0, 0.05) is 6.08 Å². The minimum Gasteiger partial charge on any atom is -0.495 e. The second-order valence-electron chi connectivity index (χ2n) is 4.87. The summed E-state index contributed by atoms with van der Waals surface area (Å²) >= 11 is 0. The Morgan fingerprint density at radius 2 is 2.00 bits per heavy atom. The van der Waals surface area contributed by atoms with Gasteiger partial charge in [0.1, 0.15) is 11.4 Å². The second kappa shape index (κ2) is 5.58. The lowest BCUT2D eigenvalue weighted by Gasteiger charge is -2.17. The average molecular weight is 249 g/mol. The molecule has 0 saturated carbocycles. The molecule has 0 fully saturated rings. The third-order valence-electron chi connectivity index (χ3n) is 2.08. The number of rotatable bonds is 3. The van der Waals surface area contributed by atoms with Gasteiger partial charge in [0.25, 0.3) is 0 Å². The Hall–Kier alpha value is -1.97. The minimum atomic E-state index is -0.486. The van der Waals surface area contributed by atoms with Gasteiger partial charge in [0.05, 0.1) is 12.8 Å². The molecule has 1 aromatic rings. The largest absolute Gasteiger partial charge is 0.495 e. The molecule has 0 aliphatic heterocycles. The van der Waals surface area contributed by atoms with Crippen molar-refractivity contribution in [1.82, 2.24) is 0 Å². The Bertz CT molecular complexity index is 459. The third kappa shape index (κ3) is 4.49. The summed E-state index contributed by atoms with van der Waals surface area (Å²) in [5.74, 6) is 0.208. The summed E-state index contributed by atoms with van der Waals surface area (Å²) in [7, 11) is 1.55. The minimum absolute atomic E-state index is 0.377. The van der Waals surface area contributed by atoms with Crippen molar-refractivity contribution in [2.75, 3.05) is 12.8 Å². The van der Waals surface area contributed by atoms with E-state index in [4.69, 9.17) is 15.2 Å². The van der Waals surface area contributed by atoms with Gasteiger partial charge in [-0.15, -0.1) is 0 Å². The first-order valence-corrected chi connectivity index (χ1v) is 5.66. The highest BCUT2D eigenvalue weighted by molar-refractivity contribution is 5.87. The summed E-state index contributed by atoms with van der Waals surface area (Å²) < 4.78 is 10.3. The number of anilines is 1. The van der Waals surface area contributed by atoms with Gasteiger partial charge >= 0.3 is 5.97 Å². The van der Waals surface area contributed by atoms with Crippen molar-refractivity contribution in [2.24, 2.45) is 0 Å². The van der Waals surface area contributed by atoms with Crippen LogP contribution in [0.2, 0.25) is 0 Å². The van der Waals surface area contributed by atoms with Crippen molar-refractivity contribution in [3.63, 3.8) is 0 Å². The standard InChI is InChI=1S/C14H19NO3/c1-14(2,3)18-13(16)8-6-10-5-7-11(15)12(9-10)17-4/h5-9H,15H2,1-4H3/b8-6+. The van der Waals surface area contributed by atoms with Crippen LogP contribution >= 0.6 is 0 Å². The van der Waals surface area contributed by atoms with E-state index in [0.717, 1.165) is 5.56 Å². The zero-order valence-corrected chi connectivity index (χ0v) is 11.2.